The summed E-state index contributed by atoms with van der Waals surface area (Å²) < 4.78 is 29.4. The number of esters is 1. The summed E-state index contributed by atoms with van der Waals surface area (Å²) in [5.74, 6) is -1.58. The Morgan fingerprint density at radius 1 is 0.736 bits per heavy atom. The number of anilines is 1. The highest BCUT2D eigenvalue weighted by Gasteiger charge is 2.76. The van der Waals surface area contributed by atoms with Gasteiger partial charge in [0.1, 0.15) is 36.5 Å². The Bertz CT molecular complexity index is 3030. The molecule has 0 radical (unpaired) electrons. The van der Waals surface area contributed by atoms with E-state index in [9.17, 15) is 20.0 Å². The fraction of sp³-hybridized carbons (Fsp3) is 0.273. The number of aliphatic hydroxyl groups is 1. The molecule has 3 fully saturated rings. The Hall–Kier alpha value is -8.12. The maximum Gasteiger partial charge on any atom is 0.421 e. The second-order valence-electron chi connectivity index (χ2n) is 18.3. The number of cyclic esters (lactones) is 1. The molecule has 1 N–H and O–H groups in total. The van der Waals surface area contributed by atoms with Crippen LogP contribution in [0.25, 0.3) is 0 Å². The van der Waals surface area contributed by atoms with Crippen molar-refractivity contribution < 1.29 is 52.9 Å². The highest BCUT2D eigenvalue weighted by molar-refractivity contribution is 6.23. The molecule has 3 saturated heterocycles. The van der Waals surface area contributed by atoms with Gasteiger partial charge in [-0.25, -0.2) is 9.69 Å². The first-order valence-electron chi connectivity index (χ1n) is 23.8. The molecule has 366 valence electrons. The number of rotatable bonds is 12. The van der Waals surface area contributed by atoms with Crippen LogP contribution in [-0.4, -0.2) is 101 Å². The monoisotopic (exact) mass is 971 g/mol. The van der Waals surface area contributed by atoms with Crippen molar-refractivity contribution >= 4 is 35.3 Å². The molecule has 5 heterocycles. The van der Waals surface area contributed by atoms with Crippen LogP contribution in [0.15, 0.2) is 152 Å². The smallest absolute Gasteiger partial charge is 0.421 e. The lowest BCUT2D eigenvalue weighted by Crippen LogP contribution is -2.59. The van der Waals surface area contributed by atoms with Crippen molar-refractivity contribution in [1.29, 1.82) is 0 Å². The number of carbonyl (C=O) groups is 4. The SMILES string of the molecule is O=C1O[C@@H](c2ccccc2)[C@@H](c2ccccc2)N2[C@@H](c3ccc(OCCO)cc3)[C@]3(C(=O)N(C(=O)OCc4ccc([N+](=O)[O-])cc4)c4ccccc43)[C@@H](C(=O)N3CCN(Cc4ccc5c(c4)OCO5)CC3)[C@H]12. The van der Waals surface area contributed by atoms with E-state index in [1.54, 1.807) is 53.4 Å². The van der Waals surface area contributed by atoms with Crippen LogP contribution in [0.3, 0.4) is 0 Å². The van der Waals surface area contributed by atoms with Gasteiger partial charge >= 0.3 is 12.1 Å². The van der Waals surface area contributed by atoms with Gasteiger partial charge in [-0.05, 0) is 75.8 Å². The lowest BCUT2D eigenvalue weighted by atomic mass is 9.65. The highest BCUT2D eigenvalue weighted by Crippen LogP contribution is 2.66. The van der Waals surface area contributed by atoms with Gasteiger partial charge in [0.05, 0.1) is 35.2 Å². The summed E-state index contributed by atoms with van der Waals surface area (Å²) in [6, 6.07) is 40.8. The van der Waals surface area contributed by atoms with Crippen LogP contribution in [0.4, 0.5) is 16.2 Å². The molecule has 0 aromatic heterocycles. The maximum absolute atomic E-state index is 16.5. The molecule has 72 heavy (non-hydrogen) atoms. The summed E-state index contributed by atoms with van der Waals surface area (Å²) in [5, 5.41) is 21.0. The molecule has 1 spiro atoms. The Morgan fingerprint density at radius 3 is 2.11 bits per heavy atom. The predicted molar refractivity (Wildman–Crippen MR) is 259 cm³/mol. The van der Waals surface area contributed by atoms with Crippen LogP contribution in [0.2, 0.25) is 0 Å². The third-order valence-electron chi connectivity index (χ3n) is 14.4. The number of fused-ring (bicyclic) bond motifs is 4. The van der Waals surface area contributed by atoms with Crippen LogP contribution in [0.1, 0.15) is 51.6 Å². The van der Waals surface area contributed by atoms with Gasteiger partial charge in [-0.3, -0.25) is 34.3 Å². The molecule has 0 bridgehead atoms. The van der Waals surface area contributed by atoms with E-state index in [0.717, 1.165) is 16.0 Å². The molecule has 17 heteroatoms. The summed E-state index contributed by atoms with van der Waals surface area (Å²) in [7, 11) is 0. The summed E-state index contributed by atoms with van der Waals surface area (Å²) in [6.07, 6.45) is -1.95. The number of morpholine rings is 1. The van der Waals surface area contributed by atoms with Crippen molar-refractivity contribution in [3.8, 4) is 17.2 Å². The number of nitro benzene ring substituents is 1. The third-order valence-corrected chi connectivity index (χ3v) is 14.4. The number of hydrogen-bond acceptors (Lipinski definition) is 14. The first-order chi connectivity index (χ1) is 35.1. The van der Waals surface area contributed by atoms with Crippen molar-refractivity contribution in [2.24, 2.45) is 5.92 Å². The zero-order valence-corrected chi connectivity index (χ0v) is 38.9. The number of piperazine rings is 1. The summed E-state index contributed by atoms with van der Waals surface area (Å²) in [6.45, 7) is 1.72. The topological polar surface area (TPSA) is 191 Å². The van der Waals surface area contributed by atoms with Gasteiger partial charge in [-0.1, -0.05) is 97.1 Å². The van der Waals surface area contributed by atoms with Gasteiger partial charge in [-0.2, -0.15) is 0 Å². The fourth-order valence-corrected chi connectivity index (χ4v) is 11.3. The number of imide groups is 1. The number of aliphatic hydroxyl groups excluding tert-OH is 1. The van der Waals surface area contributed by atoms with E-state index in [-0.39, 0.29) is 51.1 Å². The minimum atomic E-state index is -1.97. The molecule has 0 unspecified atom stereocenters. The molecule has 6 atom stereocenters. The lowest BCUT2D eigenvalue weighted by molar-refractivity contribution is -0.384. The normalized spacial score (nSPS) is 23.4. The van der Waals surface area contributed by atoms with Crippen molar-refractivity contribution in [3.05, 3.63) is 195 Å². The van der Waals surface area contributed by atoms with Crippen LogP contribution < -0.4 is 19.1 Å². The first kappa shape index (κ1) is 46.3. The molecule has 17 nitrogen and oxygen atoms in total. The number of benzene rings is 6. The molecule has 5 aliphatic heterocycles. The maximum atomic E-state index is 16.5. The molecule has 5 aliphatic rings. The fourth-order valence-electron chi connectivity index (χ4n) is 11.3. The largest absolute Gasteiger partial charge is 0.491 e. The van der Waals surface area contributed by atoms with Gasteiger partial charge in [0.2, 0.25) is 18.6 Å². The van der Waals surface area contributed by atoms with E-state index in [0.29, 0.717) is 59.1 Å². The van der Waals surface area contributed by atoms with Crippen molar-refractivity contribution in [2.75, 3.05) is 51.1 Å². The summed E-state index contributed by atoms with van der Waals surface area (Å²) >= 11 is 0. The van der Waals surface area contributed by atoms with Gasteiger partial charge in [0.25, 0.3) is 5.69 Å². The van der Waals surface area contributed by atoms with Crippen LogP contribution >= 0.6 is 0 Å². The number of para-hydroxylation sites is 1. The zero-order valence-electron chi connectivity index (χ0n) is 38.9. The number of hydrogen-bond donors (Lipinski definition) is 1. The van der Waals surface area contributed by atoms with Gasteiger partial charge < -0.3 is 33.7 Å². The third kappa shape index (κ3) is 8.04. The zero-order chi connectivity index (χ0) is 49.5. The van der Waals surface area contributed by atoms with Gasteiger partial charge in [0.15, 0.2) is 11.5 Å². The number of non-ortho nitro benzene ring substituents is 1. The summed E-state index contributed by atoms with van der Waals surface area (Å²) in [4.78, 5) is 80.6. The minimum Gasteiger partial charge on any atom is -0.491 e. The van der Waals surface area contributed by atoms with Gasteiger partial charge in [-0.15, -0.1) is 0 Å². The number of amides is 3. The quantitative estimate of drug-likeness (QED) is 0.0746. The molecule has 6 aromatic rings. The van der Waals surface area contributed by atoms with E-state index in [4.69, 9.17) is 23.7 Å². The van der Waals surface area contributed by atoms with E-state index < -0.39 is 64.4 Å². The number of carbonyl (C=O) groups excluding carboxylic acids is 4. The Balaban J connectivity index is 1.05. The standard InChI is InChI=1S/C55H49N5O12/c61-29-30-68-41-22-18-39(19-23-41)50-55(42-13-7-8-14-43(42)58(53(55)64)54(65)69-33-35-15-20-40(21-16-35)60(66)67)46(51(62)57-27-25-56(26-28-57)32-36-17-24-44-45(31-36)71-34-70-44)48-52(63)72-49(38-11-5-2-6-12-38)47(59(48)50)37-9-3-1-4-10-37/h1-24,31,46-50,61H,25-30,32-34H2/t46-,47-,48-,49+,50+,55-/m1/s1. The van der Waals surface area contributed by atoms with Crippen molar-refractivity contribution in [2.45, 2.75) is 42.8 Å². The second-order valence-corrected chi connectivity index (χ2v) is 18.3. The van der Waals surface area contributed by atoms with Crippen LogP contribution in [0.5, 0.6) is 17.2 Å². The van der Waals surface area contributed by atoms with E-state index in [1.165, 1.54) is 24.3 Å². The second kappa shape index (κ2) is 19.2. The molecular formula is C55H49N5O12. The van der Waals surface area contributed by atoms with E-state index >= 15 is 14.4 Å². The number of nitrogens with zero attached hydrogens (tertiary/aromatic N) is 5. The van der Waals surface area contributed by atoms with Crippen molar-refractivity contribution in [1.82, 2.24) is 14.7 Å². The predicted octanol–water partition coefficient (Wildman–Crippen LogP) is 7.04. The lowest BCUT2D eigenvalue weighted by Gasteiger charge is -2.46. The molecule has 6 aromatic carbocycles. The molecule has 0 aliphatic carbocycles. The average molecular weight is 972 g/mol. The van der Waals surface area contributed by atoms with E-state index in [1.807, 2.05) is 83.8 Å². The Labute approximate surface area is 413 Å². The Morgan fingerprint density at radius 2 is 1.40 bits per heavy atom. The molecule has 3 amide bonds. The molecule has 11 rings (SSSR count). The number of ether oxygens (including phenoxy) is 5. The highest BCUT2D eigenvalue weighted by atomic mass is 16.7. The first-order valence-corrected chi connectivity index (χ1v) is 23.8. The van der Waals surface area contributed by atoms with Gasteiger partial charge in [0, 0.05) is 44.9 Å². The summed E-state index contributed by atoms with van der Waals surface area (Å²) in [5.41, 5.74) is 1.87. The van der Waals surface area contributed by atoms with E-state index in [2.05, 4.69) is 4.90 Å². The Kier molecular flexibility index (Phi) is 12.4. The van der Waals surface area contributed by atoms with Crippen molar-refractivity contribution in [3.63, 3.8) is 0 Å². The van der Waals surface area contributed by atoms with Crippen LogP contribution in [0, 0.1) is 16.0 Å². The number of nitro groups is 1. The van der Waals surface area contributed by atoms with Crippen LogP contribution in [-0.2, 0) is 42.4 Å². The minimum absolute atomic E-state index is 0.0327. The molecule has 0 saturated carbocycles. The average Bonchev–Trinajstić information content (AvgIpc) is 4.09. The molecular weight excluding hydrogens is 923 g/mol.